The lowest BCUT2D eigenvalue weighted by Gasteiger charge is -2.02. The number of aromatic nitrogens is 3. The maximum Gasteiger partial charge on any atom is 0.350 e. The van der Waals surface area contributed by atoms with E-state index in [2.05, 4.69) is 15.0 Å². The summed E-state index contributed by atoms with van der Waals surface area (Å²) in [4.78, 5) is 21.4. The minimum absolute atomic E-state index is 0.0923. The van der Waals surface area contributed by atoms with Crippen molar-refractivity contribution in [2.45, 2.75) is 6.42 Å². The molecule has 0 aliphatic heterocycles. The first-order valence-electron chi connectivity index (χ1n) is 4.83. The highest BCUT2D eigenvalue weighted by molar-refractivity contribution is 5.18. The number of hydrogen-bond donors (Lipinski definition) is 1. The Morgan fingerprint density at radius 3 is 2.69 bits per heavy atom. The standard InChI is InChI=1S/C11H11N3O2/c1-16-11-13-9(12-10(15)14-11)7-8-5-3-2-4-6-8/h2-6H,7H2,1H3,(H,12,13,14,15). The molecular formula is C11H11N3O2. The van der Waals surface area contributed by atoms with E-state index in [1.807, 2.05) is 30.3 Å². The van der Waals surface area contributed by atoms with E-state index in [0.29, 0.717) is 12.2 Å². The lowest BCUT2D eigenvalue weighted by atomic mass is 10.1. The van der Waals surface area contributed by atoms with Crippen LogP contribution in [-0.2, 0) is 6.42 Å². The molecular weight excluding hydrogens is 206 g/mol. The molecule has 0 saturated heterocycles. The first kappa shape index (κ1) is 10.4. The molecule has 1 N–H and O–H groups in total. The summed E-state index contributed by atoms with van der Waals surface area (Å²) in [5, 5.41) is 0. The van der Waals surface area contributed by atoms with E-state index in [1.54, 1.807) is 0 Å². The lowest BCUT2D eigenvalue weighted by Crippen LogP contribution is -2.16. The molecule has 0 fully saturated rings. The van der Waals surface area contributed by atoms with E-state index >= 15 is 0 Å². The van der Waals surface area contributed by atoms with Crippen molar-refractivity contribution in [2.24, 2.45) is 0 Å². The molecule has 0 aliphatic rings. The highest BCUT2D eigenvalue weighted by Crippen LogP contribution is 2.05. The van der Waals surface area contributed by atoms with Crippen LogP contribution in [0, 0.1) is 0 Å². The van der Waals surface area contributed by atoms with Gasteiger partial charge in [-0.15, -0.1) is 4.98 Å². The molecule has 0 spiro atoms. The van der Waals surface area contributed by atoms with E-state index in [4.69, 9.17) is 4.74 Å². The SMILES string of the molecule is COc1nc(Cc2ccccc2)[nH]c(=O)n1. The Labute approximate surface area is 92.2 Å². The second kappa shape index (κ2) is 4.57. The van der Waals surface area contributed by atoms with Gasteiger partial charge in [0, 0.05) is 6.42 Å². The summed E-state index contributed by atoms with van der Waals surface area (Å²) in [6.07, 6.45) is 0.551. The number of nitrogens with one attached hydrogen (secondary N) is 1. The summed E-state index contributed by atoms with van der Waals surface area (Å²) in [6, 6.07) is 9.83. The molecule has 1 heterocycles. The first-order chi connectivity index (χ1) is 7.78. The van der Waals surface area contributed by atoms with Crippen LogP contribution in [0.1, 0.15) is 11.4 Å². The maximum absolute atomic E-state index is 11.2. The van der Waals surface area contributed by atoms with Gasteiger partial charge in [0.15, 0.2) is 0 Å². The zero-order valence-electron chi connectivity index (χ0n) is 8.80. The molecule has 2 aromatic rings. The fourth-order valence-electron chi connectivity index (χ4n) is 1.37. The molecule has 0 radical (unpaired) electrons. The minimum Gasteiger partial charge on any atom is -0.467 e. The molecule has 2 rings (SSSR count). The molecule has 5 nitrogen and oxygen atoms in total. The van der Waals surface area contributed by atoms with Gasteiger partial charge in [0.25, 0.3) is 0 Å². The molecule has 0 bridgehead atoms. The van der Waals surface area contributed by atoms with Gasteiger partial charge in [-0.2, -0.15) is 4.98 Å². The fraction of sp³-hybridized carbons (Fsp3) is 0.182. The number of nitrogens with zero attached hydrogens (tertiary/aromatic N) is 2. The van der Waals surface area contributed by atoms with Gasteiger partial charge in [0.2, 0.25) is 0 Å². The highest BCUT2D eigenvalue weighted by atomic mass is 16.5. The Hall–Kier alpha value is -2.17. The van der Waals surface area contributed by atoms with Crippen molar-refractivity contribution >= 4 is 0 Å². The van der Waals surface area contributed by atoms with Crippen molar-refractivity contribution in [2.75, 3.05) is 7.11 Å². The van der Waals surface area contributed by atoms with Gasteiger partial charge in [0.1, 0.15) is 5.82 Å². The van der Waals surface area contributed by atoms with Crippen LogP contribution in [0.4, 0.5) is 0 Å². The highest BCUT2D eigenvalue weighted by Gasteiger charge is 2.03. The van der Waals surface area contributed by atoms with Gasteiger partial charge in [-0.25, -0.2) is 4.79 Å². The first-order valence-corrected chi connectivity index (χ1v) is 4.83. The Bertz CT molecular complexity index is 522. The molecule has 0 unspecified atom stereocenters. The third-order valence-corrected chi connectivity index (χ3v) is 2.08. The maximum atomic E-state index is 11.2. The summed E-state index contributed by atoms with van der Waals surface area (Å²) in [5.41, 5.74) is 0.622. The number of rotatable bonds is 3. The van der Waals surface area contributed by atoms with Gasteiger partial charge in [-0.1, -0.05) is 30.3 Å². The summed E-state index contributed by atoms with van der Waals surface area (Å²) < 4.78 is 4.83. The Balaban J connectivity index is 2.28. The van der Waals surface area contributed by atoms with E-state index in [-0.39, 0.29) is 6.01 Å². The average molecular weight is 217 g/mol. The van der Waals surface area contributed by atoms with Crippen LogP contribution in [0.25, 0.3) is 0 Å². The van der Waals surface area contributed by atoms with Crippen molar-refractivity contribution in [1.82, 2.24) is 15.0 Å². The van der Waals surface area contributed by atoms with Gasteiger partial charge in [-0.3, -0.25) is 4.98 Å². The minimum atomic E-state index is -0.446. The summed E-state index contributed by atoms with van der Waals surface area (Å²) in [7, 11) is 1.43. The molecule has 0 aliphatic carbocycles. The number of H-pyrrole nitrogens is 1. The molecule has 0 amide bonds. The largest absolute Gasteiger partial charge is 0.467 e. The fourth-order valence-corrected chi connectivity index (χ4v) is 1.37. The second-order valence-corrected chi connectivity index (χ2v) is 3.25. The van der Waals surface area contributed by atoms with E-state index in [9.17, 15) is 4.79 Å². The summed E-state index contributed by atoms with van der Waals surface area (Å²) >= 11 is 0. The van der Waals surface area contributed by atoms with Crippen molar-refractivity contribution in [3.05, 3.63) is 52.2 Å². The third kappa shape index (κ3) is 2.44. The van der Waals surface area contributed by atoms with Crippen molar-refractivity contribution in [1.29, 1.82) is 0 Å². The van der Waals surface area contributed by atoms with E-state index in [1.165, 1.54) is 7.11 Å². The van der Waals surface area contributed by atoms with Crippen LogP contribution in [0.5, 0.6) is 6.01 Å². The predicted molar refractivity (Wildman–Crippen MR) is 58.5 cm³/mol. The van der Waals surface area contributed by atoms with Crippen LogP contribution in [-0.4, -0.2) is 22.1 Å². The van der Waals surface area contributed by atoms with Crippen LogP contribution < -0.4 is 10.4 Å². The van der Waals surface area contributed by atoms with Crippen molar-refractivity contribution < 1.29 is 4.74 Å². The number of ether oxygens (including phenoxy) is 1. The summed E-state index contributed by atoms with van der Waals surface area (Å²) in [6.45, 7) is 0. The van der Waals surface area contributed by atoms with Crippen LogP contribution in [0.2, 0.25) is 0 Å². The molecule has 1 aromatic heterocycles. The zero-order valence-corrected chi connectivity index (χ0v) is 8.80. The monoisotopic (exact) mass is 217 g/mol. The zero-order chi connectivity index (χ0) is 11.4. The number of methoxy groups -OCH3 is 1. The molecule has 0 atom stereocenters. The quantitative estimate of drug-likeness (QED) is 0.824. The second-order valence-electron chi connectivity index (χ2n) is 3.25. The topological polar surface area (TPSA) is 67.9 Å². The predicted octanol–water partition coefficient (Wildman–Crippen LogP) is 0.764. The van der Waals surface area contributed by atoms with Gasteiger partial charge < -0.3 is 4.74 Å². The Morgan fingerprint density at radius 2 is 2.00 bits per heavy atom. The van der Waals surface area contributed by atoms with Crippen LogP contribution in [0.3, 0.4) is 0 Å². The van der Waals surface area contributed by atoms with Gasteiger partial charge in [0.05, 0.1) is 7.11 Å². The average Bonchev–Trinajstić information content (AvgIpc) is 2.29. The third-order valence-electron chi connectivity index (χ3n) is 2.08. The van der Waals surface area contributed by atoms with E-state index in [0.717, 1.165) is 5.56 Å². The number of benzene rings is 1. The van der Waals surface area contributed by atoms with Gasteiger partial charge in [-0.05, 0) is 5.56 Å². The normalized spacial score (nSPS) is 10.1. The lowest BCUT2D eigenvalue weighted by molar-refractivity contribution is 0.374. The van der Waals surface area contributed by atoms with Crippen LogP contribution in [0.15, 0.2) is 35.1 Å². The smallest absolute Gasteiger partial charge is 0.350 e. The Morgan fingerprint density at radius 1 is 1.25 bits per heavy atom. The van der Waals surface area contributed by atoms with Crippen LogP contribution >= 0.6 is 0 Å². The molecule has 16 heavy (non-hydrogen) atoms. The van der Waals surface area contributed by atoms with Crippen molar-refractivity contribution in [3.8, 4) is 6.01 Å². The van der Waals surface area contributed by atoms with Gasteiger partial charge >= 0.3 is 11.7 Å². The summed E-state index contributed by atoms with van der Waals surface area (Å²) in [5.74, 6) is 0.544. The molecule has 82 valence electrons. The van der Waals surface area contributed by atoms with Crippen molar-refractivity contribution in [3.63, 3.8) is 0 Å². The molecule has 0 saturated carbocycles. The molecule has 5 heteroatoms. The molecule has 1 aromatic carbocycles. The Kier molecular flexibility index (Phi) is 2.95. The number of hydrogen-bond acceptors (Lipinski definition) is 4. The van der Waals surface area contributed by atoms with E-state index < -0.39 is 5.69 Å². The number of aromatic amines is 1.